The Morgan fingerprint density at radius 2 is 1.85 bits per heavy atom. The van der Waals surface area contributed by atoms with Crippen molar-refractivity contribution in [3.05, 3.63) is 34.3 Å². The summed E-state index contributed by atoms with van der Waals surface area (Å²) < 4.78 is 12.5. The molecular weight excluding hydrogens is 350 g/mol. The van der Waals surface area contributed by atoms with Crippen molar-refractivity contribution in [2.75, 3.05) is 13.2 Å². The number of aromatic nitrogens is 1. The zero-order chi connectivity index (χ0) is 20.1. The molecule has 0 aliphatic carbocycles. The van der Waals surface area contributed by atoms with Gasteiger partial charge >= 0.3 is 18.0 Å². The van der Waals surface area contributed by atoms with Gasteiger partial charge in [-0.15, -0.1) is 0 Å². The molecule has 8 nitrogen and oxygen atoms in total. The van der Waals surface area contributed by atoms with Crippen LogP contribution in [0, 0.1) is 13.8 Å². The van der Waals surface area contributed by atoms with Gasteiger partial charge in [0.2, 0.25) is 0 Å². The minimum atomic E-state index is -0.535. The van der Waals surface area contributed by atoms with Crippen LogP contribution in [0.4, 0.5) is 4.79 Å². The Morgan fingerprint density at radius 3 is 2.41 bits per heavy atom. The first-order valence-electron chi connectivity index (χ1n) is 9.15. The lowest BCUT2D eigenvalue weighted by Gasteiger charge is -2.28. The van der Waals surface area contributed by atoms with Gasteiger partial charge < -0.3 is 24.7 Å². The van der Waals surface area contributed by atoms with Crippen LogP contribution in [0.1, 0.15) is 48.9 Å². The minimum absolute atomic E-state index is 0.211. The highest BCUT2D eigenvalue weighted by atomic mass is 16.5. The number of nitrogens with one attached hydrogen (secondary N) is 2. The van der Waals surface area contributed by atoms with Gasteiger partial charge in [-0.1, -0.05) is 6.92 Å². The van der Waals surface area contributed by atoms with E-state index in [1.165, 1.54) is 0 Å². The quantitative estimate of drug-likeness (QED) is 0.710. The Hall–Kier alpha value is -2.77. The first-order chi connectivity index (χ1) is 12.8. The second-order valence-electron chi connectivity index (χ2n) is 6.28. The molecule has 2 rings (SSSR count). The molecule has 0 fully saturated rings. The van der Waals surface area contributed by atoms with Crippen molar-refractivity contribution >= 4 is 18.0 Å². The zero-order valence-corrected chi connectivity index (χ0v) is 16.5. The SMILES string of the molecule is CCOC(=O)C1=C(COC(=O)c2cc(C)n(CC)c2C)NC(=O)N[C@@H]1CC. The molecule has 148 valence electrons. The van der Waals surface area contributed by atoms with Crippen molar-refractivity contribution < 1.29 is 23.9 Å². The van der Waals surface area contributed by atoms with E-state index in [9.17, 15) is 14.4 Å². The molecule has 27 heavy (non-hydrogen) atoms. The van der Waals surface area contributed by atoms with Crippen LogP contribution in [-0.2, 0) is 20.8 Å². The van der Waals surface area contributed by atoms with Gasteiger partial charge in [-0.2, -0.15) is 0 Å². The summed E-state index contributed by atoms with van der Waals surface area (Å²) in [6, 6.07) is 0.847. The van der Waals surface area contributed by atoms with E-state index < -0.39 is 24.0 Å². The molecule has 0 spiro atoms. The maximum absolute atomic E-state index is 12.5. The molecule has 0 saturated carbocycles. The number of esters is 2. The highest BCUT2D eigenvalue weighted by Crippen LogP contribution is 2.19. The van der Waals surface area contributed by atoms with Gasteiger partial charge in [0, 0.05) is 17.9 Å². The van der Waals surface area contributed by atoms with Crippen LogP contribution in [0.2, 0.25) is 0 Å². The molecule has 0 unspecified atom stereocenters. The Labute approximate surface area is 158 Å². The van der Waals surface area contributed by atoms with Crippen LogP contribution in [0.3, 0.4) is 0 Å². The lowest BCUT2D eigenvalue weighted by atomic mass is 10.0. The molecule has 0 bridgehead atoms. The van der Waals surface area contributed by atoms with E-state index in [0.29, 0.717) is 12.0 Å². The van der Waals surface area contributed by atoms with E-state index in [4.69, 9.17) is 9.47 Å². The largest absolute Gasteiger partial charge is 0.463 e. The van der Waals surface area contributed by atoms with Gasteiger partial charge in [0.25, 0.3) is 0 Å². The number of urea groups is 1. The number of carbonyl (C=O) groups excluding carboxylic acids is 3. The molecule has 0 saturated heterocycles. The van der Waals surface area contributed by atoms with Crippen LogP contribution < -0.4 is 10.6 Å². The fourth-order valence-corrected chi connectivity index (χ4v) is 3.29. The second-order valence-corrected chi connectivity index (χ2v) is 6.28. The van der Waals surface area contributed by atoms with E-state index in [-0.39, 0.29) is 24.5 Å². The van der Waals surface area contributed by atoms with Crippen LogP contribution in [0.25, 0.3) is 0 Å². The summed E-state index contributed by atoms with van der Waals surface area (Å²) in [4.78, 5) is 36.7. The zero-order valence-electron chi connectivity index (χ0n) is 16.5. The maximum Gasteiger partial charge on any atom is 0.340 e. The van der Waals surface area contributed by atoms with Crippen LogP contribution >= 0.6 is 0 Å². The predicted octanol–water partition coefficient (Wildman–Crippen LogP) is 2.19. The fourth-order valence-electron chi connectivity index (χ4n) is 3.29. The maximum atomic E-state index is 12.5. The summed E-state index contributed by atoms with van der Waals surface area (Å²) in [7, 11) is 0. The molecule has 1 aromatic rings. The molecule has 2 heterocycles. The number of rotatable bonds is 7. The van der Waals surface area contributed by atoms with Crippen LogP contribution in [-0.4, -0.2) is 41.8 Å². The number of hydrogen-bond donors (Lipinski definition) is 2. The lowest BCUT2D eigenvalue weighted by Crippen LogP contribution is -2.51. The highest BCUT2D eigenvalue weighted by Gasteiger charge is 2.32. The smallest absolute Gasteiger partial charge is 0.340 e. The van der Waals surface area contributed by atoms with Gasteiger partial charge in [0.15, 0.2) is 0 Å². The number of nitrogens with zero attached hydrogens (tertiary/aromatic N) is 1. The number of amides is 2. The van der Waals surface area contributed by atoms with Gasteiger partial charge in [0.1, 0.15) is 6.61 Å². The molecule has 1 aliphatic heterocycles. The van der Waals surface area contributed by atoms with E-state index >= 15 is 0 Å². The molecule has 2 amide bonds. The Balaban J connectivity index is 2.25. The minimum Gasteiger partial charge on any atom is -0.463 e. The third-order valence-electron chi connectivity index (χ3n) is 4.60. The van der Waals surface area contributed by atoms with Gasteiger partial charge in [-0.05, 0) is 40.2 Å². The Morgan fingerprint density at radius 1 is 1.15 bits per heavy atom. The normalized spacial score (nSPS) is 16.6. The van der Waals surface area contributed by atoms with E-state index in [2.05, 4.69) is 10.6 Å². The highest BCUT2D eigenvalue weighted by molar-refractivity contribution is 5.95. The topological polar surface area (TPSA) is 98.7 Å². The second kappa shape index (κ2) is 8.75. The fraction of sp³-hybridized carbons (Fsp3) is 0.526. The van der Waals surface area contributed by atoms with Crippen LogP contribution in [0.15, 0.2) is 17.3 Å². The van der Waals surface area contributed by atoms with Gasteiger partial charge in [0.05, 0.1) is 29.5 Å². The van der Waals surface area contributed by atoms with E-state index in [0.717, 1.165) is 17.9 Å². The number of hydrogen-bond acceptors (Lipinski definition) is 5. The third-order valence-corrected chi connectivity index (χ3v) is 4.60. The van der Waals surface area contributed by atoms with Crippen molar-refractivity contribution in [1.82, 2.24) is 15.2 Å². The first-order valence-corrected chi connectivity index (χ1v) is 9.15. The molecule has 8 heteroatoms. The number of ether oxygens (including phenoxy) is 2. The summed E-state index contributed by atoms with van der Waals surface area (Å²) in [6.45, 7) is 10.1. The molecular formula is C19H27N3O5. The van der Waals surface area contributed by atoms with Crippen molar-refractivity contribution in [1.29, 1.82) is 0 Å². The van der Waals surface area contributed by atoms with Crippen LogP contribution in [0.5, 0.6) is 0 Å². The predicted molar refractivity (Wildman–Crippen MR) is 99.3 cm³/mol. The molecule has 0 aromatic carbocycles. The molecule has 1 aliphatic rings. The molecule has 1 atom stereocenters. The average molecular weight is 377 g/mol. The van der Waals surface area contributed by atoms with Crippen molar-refractivity contribution in [2.45, 2.75) is 53.6 Å². The van der Waals surface area contributed by atoms with Crippen molar-refractivity contribution in [2.24, 2.45) is 0 Å². The average Bonchev–Trinajstić information content (AvgIpc) is 2.92. The lowest BCUT2D eigenvalue weighted by molar-refractivity contribution is -0.139. The summed E-state index contributed by atoms with van der Waals surface area (Å²) in [6.07, 6.45) is 0.511. The summed E-state index contributed by atoms with van der Waals surface area (Å²) in [5.41, 5.74) is 2.79. The van der Waals surface area contributed by atoms with Crippen molar-refractivity contribution in [3.63, 3.8) is 0 Å². The summed E-state index contributed by atoms with van der Waals surface area (Å²) in [5.74, 6) is -1.04. The van der Waals surface area contributed by atoms with Gasteiger partial charge in [-0.25, -0.2) is 14.4 Å². The number of carbonyl (C=O) groups is 3. The standard InChI is InChI=1S/C19H27N3O5/c1-6-14-16(18(24)26-8-3)15(21-19(25)20-14)10-27-17(23)13-9-11(4)22(7-2)12(13)5/h9,14H,6-8,10H2,1-5H3,(H2,20,21,25)/t14-/m1/s1. The van der Waals surface area contributed by atoms with E-state index in [1.807, 2.05) is 32.3 Å². The van der Waals surface area contributed by atoms with E-state index in [1.54, 1.807) is 13.0 Å². The Kier molecular flexibility index (Phi) is 6.65. The Bertz CT molecular complexity index is 779. The summed E-state index contributed by atoms with van der Waals surface area (Å²) in [5, 5.41) is 5.25. The number of aryl methyl sites for hydroxylation is 1. The molecule has 1 aromatic heterocycles. The van der Waals surface area contributed by atoms with Crippen molar-refractivity contribution in [3.8, 4) is 0 Å². The molecule has 0 radical (unpaired) electrons. The first kappa shape index (κ1) is 20.5. The van der Waals surface area contributed by atoms with Gasteiger partial charge in [-0.3, -0.25) is 0 Å². The molecule has 2 N–H and O–H groups in total. The monoisotopic (exact) mass is 377 g/mol. The third kappa shape index (κ3) is 4.32. The summed E-state index contributed by atoms with van der Waals surface area (Å²) >= 11 is 0.